The van der Waals surface area contributed by atoms with Gasteiger partial charge in [0.1, 0.15) is 0 Å². The molecule has 6 nitrogen and oxygen atoms in total. The first-order valence-corrected chi connectivity index (χ1v) is 13.5. The number of fused-ring (bicyclic) bond motifs is 2. The summed E-state index contributed by atoms with van der Waals surface area (Å²) in [5.74, 6) is -5.04. The Hall–Kier alpha value is -2.85. The van der Waals surface area contributed by atoms with Crippen LogP contribution in [-0.2, 0) is 16.4 Å². The summed E-state index contributed by atoms with van der Waals surface area (Å²) in [4.78, 5) is 16.7. The standard InChI is InChI=1S/C25H23ClF3N3O3S/c26-19-4-3-17(25(33)31-18-10-20(27)23(29)21(28)11-18)9-22(19)36(34,35)24-15-1-2-16(24)8-14(7-15)12-32-6-5-30-13-32/h3-6,9-11,13-16,24H,1-2,7-8,12H2,(H,31,33). The molecule has 1 aromatic heterocycles. The van der Waals surface area contributed by atoms with Crippen LogP contribution in [0.5, 0.6) is 0 Å². The van der Waals surface area contributed by atoms with Crippen LogP contribution in [0.1, 0.15) is 36.0 Å². The Morgan fingerprint density at radius 1 is 1.08 bits per heavy atom. The molecule has 2 aliphatic rings. The van der Waals surface area contributed by atoms with Crippen LogP contribution < -0.4 is 5.32 Å². The lowest BCUT2D eigenvalue weighted by Gasteiger charge is -2.35. The van der Waals surface area contributed by atoms with E-state index in [4.69, 9.17) is 11.6 Å². The molecule has 190 valence electrons. The molecule has 36 heavy (non-hydrogen) atoms. The van der Waals surface area contributed by atoms with Gasteiger partial charge in [-0.25, -0.2) is 26.6 Å². The van der Waals surface area contributed by atoms with Crippen molar-refractivity contribution < 1.29 is 26.4 Å². The third kappa shape index (κ3) is 4.64. The Balaban J connectivity index is 1.37. The largest absolute Gasteiger partial charge is 0.337 e. The molecule has 2 atom stereocenters. The van der Waals surface area contributed by atoms with Gasteiger partial charge >= 0.3 is 0 Å². The summed E-state index contributed by atoms with van der Waals surface area (Å²) in [6.07, 6.45) is 8.56. The lowest BCUT2D eigenvalue weighted by atomic mass is 9.80. The summed E-state index contributed by atoms with van der Waals surface area (Å²) in [5, 5.41) is 1.69. The lowest BCUT2D eigenvalue weighted by molar-refractivity contribution is 0.102. The van der Waals surface area contributed by atoms with E-state index in [2.05, 4.69) is 10.3 Å². The maximum atomic E-state index is 13.8. The van der Waals surface area contributed by atoms with Gasteiger partial charge in [-0.1, -0.05) is 11.6 Å². The summed E-state index contributed by atoms with van der Waals surface area (Å²) < 4.78 is 69.8. The minimum atomic E-state index is -3.86. The van der Waals surface area contributed by atoms with Gasteiger partial charge < -0.3 is 9.88 Å². The summed E-state index contributed by atoms with van der Waals surface area (Å²) >= 11 is 6.30. The van der Waals surface area contributed by atoms with Crippen LogP contribution in [0, 0.1) is 35.2 Å². The van der Waals surface area contributed by atoms with E-state index in [9.17, 15) is 26.4 Å². The van der Waals surface area contributed by atoms with Gasteiger partial charge in [-0.05, 0) is 61.6 Å². The minimum Gasteiger partial charge on any atom is -0.337 e. The van der Waals surface area contributed by atoms with E-state index in [0.29, 0.717) is 18.1 Å². The minimum absolute atomic E-state index is 0.00496. The molecule has 0 saturated heterocycles. The Kier molecular flexibility index (Phi) is 6.59. The number of imidazole rings is 1. The number of halogens is 4. The molecule has 1 N–H and O–H groups in total. The molecule has 0 radical (unpaired) electrons. The smallest absolute Gasteiger partial charge is 0.255 e. The molecule has 0 aliphatic heterocycles. The molecule has 1 heterocycles. The number of anilines is 1. The van der Waals surface area contributed by atoms with Crippen molar-refractivity contribution in [2.45, 2.75) is 42.4 Å². The average molecular weight is 538 g/mol. The summed E-state index contributed by atoms with van der Waals surface area (Å²) in [5.41, 5.74) is -0.353. The van der Waals surface area contributed by atoms with Crippen molar-refractivity contribution in [1.29, 1.82) is 0 Å². The quantitative estimate of drug-likeness (QED) is 0.422. The van der Waals surface area contributed by atoms with E-state index in [1.807, 2.05) is 10.8 Å². The molecular weight excluding hydrogens is 515 g/mol. The number of carbonyl (C=O) groups excluding carboxylic acids is 1. The number of hydrogen-bond acceptors (Lipinski definition) is 4. The number of sulfone groups is 1. The maximum Gasteiger partial charge on any atom is 0.255 e. The fourth-order valence-corrected chi connectivity index (χ4v) is 8.66. The van der Waals surface area contributed by atoms with Gasteiger partial charge in [-0.15, -0.1) is 0 Å². The molecule has 2 bridgehead atoms. The van der Waals surface area contributed by atoms with E-state index >= 15 is 0 Å². The molecular formula is C25H23ClF3N3O3S. The van der Waals surface area contributed by atoms with E-state index < -0.39 is 38.4 Å². The SMILES string of the molecule is O=C(Nc1cc(F)c(F)c(F)c1)c1ccc(Cl)c(S(=O)(=O)C2C3CCC2CC(Cn2ccnc2)C3)c1. The van der Waals surface area contributed by atoms with Crippen LogP contribution in [0.4, 0.5) is 18.9 Å². The Morgan fingerprint density at radius 2 is 1.75 bits per heavy atom. The van der Waals surface area contributed by atoms with Crippen molar-refractivity contribution in [3.8, 4) is 0 Å². The van der Waals surface area contributed by atoms with E-state index in [1.54, 1.807) is 12.5 Å². The molecule has 2 saturated carbocycles. The predicted molar refractivity (Wildman–Crippen MR) is 128 cm³/mol. The zero-order valence-electron chi connectivity index (χ0n) is 19.0. The highest BCUT2D eigenvalue weighted by molar-refractivity contribution is 7.92. The zero-order chi connectivity index (χ0) is 25.6. The van der Waals surface area contributed by atoms with Crippen molar-refractivity contribution in [3.05, 3.63) is 77.1 Å². The van der Waals surface area contributed by atoms with Crippen LogP contribution in [0.25, 0.3) is 0 Å². The van der Waals surface area contributed by atoms with E-state index in [-0.39, 0.29) is 33.0 Å². The molecule has 2 unspecified atom stereocenters. The number of rotatable bonds is 6. The molecule has 2 fully saturated rings. The van der Waals surface area contributed by atoms with Gasteiger partial charge in [0.2, 0.25) is 0 Å². The maximum absolute atomic E-state index is 13.8. The highest BCUT2D eigenvalue weighted by atomic mass is 35.5. The van der Waals surface area contributed by atoms with Gasteiger partial charge in [0.25, 0.3) is 5.91 Å². The second-order valence-electron chi connectivity index (χ2n) is 9.56. The van der Waals surface area contributed by atoms with Crippen molar-refractivity contribution in [1.82, 2.24) is 9.55 Å². The third-order valence-electron chi connectivity index (χ3n) is 7.24. The first kappa shape index (κ1) is 24.8. The van der Waals surface area contributed by atoms with Crippen molar-refractivity contribution in [2.75, 3.05) is 5.32 Å². The number of nitrogens with one attached hydrogen (secondary N) is 1. The first-order valence-electron chi connectivity index (χ1n) is 11.6. The van der Waals surface area contributed by atoms with Crippen molar-refractivity contribution in [2.24, 2.45) is 17.8 Å². The molecule has 2 aliphatic carbocycles. The summed E-state index contributed by atoms with van der Waals surface area (Å²) in [7, 11) is -3.86. The number of carbonyl (C=O) groups is 1. The second kappa shape index (κ2) is 9.55. The highest BCUT2D eigenvalue weighted by Gasteiger charge is 2.50. The number of aromatic nitrogens is 2. The fourth-order valence-electron chi connectivity index (χ4n) is 5.79. The predicted octanol–water partition coefficient (Wildman–Crippen LogP) is 5.48. The van der Waals surface area contributed by atoms with Crippen LogP contribution in [0.15, 0.2) is 53.9 Å². The van der Waals surface area contributed by atoms with Crippen molar-refractivity contribution >= 4 is 33.0 Å². The molecule has 3 aromatic rings. The second-order valence-corrected chi connectivity index (χ2v) is 12.0. The highest BCUT2D eigenvalue weighted by Crippen LogP contribution is 2.50. The van der Waals surface area contributed by atoms with Crippen LogP contribution in [0.2, 0.25) is 5.02 Å². The van der Waals surface area contributed by atoms with Crippen molar-refractivity contribution in [3.63, 3.8) is 0 Å². The molecule has 5 rings (SSSR count). The van der Waals surface area contributed by atoms with E-state index in [0.717, 1.165) is 32.2 Å². The molecule has 2 aromatic carbocycles. The lowest BCUT2D eigenvalue weighted by Crippen LogP contribution is -2.38. The van der Waals surface area contributed by atoms with Gasteiger partial charge in [0.15, 0.2) is 27.3 Å². The third-order valence-corrected chi connectivity index (χ3v) is 10.1. The first-order chi connectivity index (χ1) is 17.1. The Bertz CT molecular complexity index is 1380. The summed E-state index contributed by atoms with van der Waals surface area (Å²) in [6, 6.07) is 5.12. The molecule has 11 heteroatoms. The Morgan fingerprint density at radius 3 is 2.36 bits per heavy atom. The van der Waals surface area contributed by atoms with Crippen LogP contribution >= 0.6 is 11.6 Å². The van der Waals surface area contributed by atoms with Gasteiger partial charge in [0, 0.05) is 42.3 Å². The number of benzene rings is 2. The number of amides is 1. The monoisotopic (exact) mass is 537 g/mol. The van der Waals surface area contributed by atoms with Gasteiger partial charge in [-0.3, -0.25) is 4.79 Å². The normalized spacial score (nSPS) is 23.6. The molecule has 1 amide bonds. The van der Waals surface area contributed by atoms with Crippen LogP contribution in [-0.4, -0.2) is 29.1 Å². The fraction of sp³-hybridized carbons (Fsp3) is 0.360. The topological polar surface area (TPSA) is 81.1 Å². The van der Waals surface area contributed by atoms with E-state index in [1.165, 1.54) is 18.2 Å². The van der Waals surface area contributed by atoms with Gasteiger partial charge in [0.05, 0.1) is 21.5 Å². The molecule has 0 spiro atoms. The average Bonchev–Trinajstić information content (AvgIpc) is 3.43. The Labute approximate surface area is 211 Å². The zero-order valence-corrected chi connectivity index (χ0v) is 20.6. The summed E-state index contributed by atoms with van der Waals surface area (Å²) in [6.45, 7) is 0.792. The van der Waals surface area contributed by atoms with Crippen LogP contribution in [0.3, 0.4) is 0 Å². The van der Waals surface area contributed by atoms with Gasteiger partial charge in [-0.2, -0.15) is 0 Å². The number of hydrogen-bond donors (Lipinski definition) is 1. The number of nitrogens with zero attached hydrogens (tertiary/aromatic N) is 2.